The molecule has 7 heteroatoms. The first-order chi connectivity index (χ1) is 10.5. The lowest BCUT2D eigenvalue weighted by molar-refractivity contribution is -0.136. The highest BCUT2D eigenvalue weighted by atomic mass is 16.5. The number of ether oxygens (including phenoxy) is 3. The van der Waals surface area contributed by atoms with Crippen molar-refractivity contribution in [1.29, 1.82) is 0 Å². The van der Waals surface area contributed by atoms with Crippen LogP contribution in [0, 0.1) is 0 Å². The largest absolute Gasteiger partial charge is 0.497 e. The molecule has 2 amide bonds. The van der Waals surface area contributed by atoms with Crippen molar-refractivity contribution in [2.75, 3.05) is 21.3 Å². The summed E-state index contributed by atoms with van der Waals surface area (Å²) in [5, 5.41) is 5.28. The van der Waals surface area contributed by atoms with Gasteiger partial charge in [-0.05, 0) is 24.6 Å². The first-order valence-corrected chi connectivity index (χ1v) is 6.59. The Hall–Kier alpha value is -2.70. The second-order valence-electron chi connectivity index (χ2n) is 4.71. The van der Waals surface area contributed by atoms with Crippen molar-refractivity contribution in [3.8, 4) is 11.5 Å². The number of hydrogen-bond donors (Lipinski definition) is 2. The molecule has 0 saturated heterocycles. The summed E-state index contributed by atoms with van der Waals surface area (Å²) in [4.78, 5) is 23.8. The second kappa shape index (κ2) is 6.38. The molecule has 1 heterocycles. The monoisotopic (exact) mass is 306 g/mol. The molecule has 0 bridgehead atoms. The summed E-state index contributed by atoms with van der Waals surface area (Å²) in [6, 6.07) is 4.13. The molecule has 22 heavy (non-hydrogen) atoms. The molecule has 1 aliphatic rings. The van der Waals surface area contributed by atoms with E-state index >= 15 is 0 Å². The highest BCUT2D eigenvalue weighted by Gasteiger charge is 2.32. The Morgan fingerprint density at radius 2 is 1.68 bits per heavy atom. The fourth-order valence-electron chi connectivity index (χ4n) is 2.32. The Morgan fingerprint density at radius 3 is 2.18 bits per heavy atom. The standard InChI is InChI=1S/C15H18N2O5/c1-8-12(14(18)22-4)13(17-15(19)16-8)9-5-10(20-2)7-11(6-9)21-3/h5-7,13H,1-4H3,(H2,16,17,19). The molecule has 1 atom stereocenters. The molecule has 0 spiro atoms. The van der Waals surface area contributed by atoms with Gasteiger partial charge in [0.25, 0.3) is 0 Å². The van der Waals surface area contributed by atoms with E-state index in [1.807, 2.05) is 0 Å². The first-order valence-electron chi connectivity index (χ1n) is 6.59. The van der Waals surface area contributed by atoms with Crippen LogP contribution in [-0.4, -0.2) is 33.3 Å². The van der Waals surface area contributed by atoms with Gasteiger partial charge in [-0.1, -0.05) is 0 Å². The van der Waals surface area contributed by atoms with Crippen molar-refractivity contribution < 1.29 is 23.8 Å². The van der Waals surface area contributed by atoms with E-state index in [0.717, 1.165) is 0 Å². The van der Waals surface area contributed by atoms with Gasteiger partial charge in [0.1, 0.15) is 11.5 Å². The van der Waals surface area contributed by atoms with Crippen molar-refractivity contribution in [3.63, 3.8) is 0 Å². The molecule has 1 aromatic rings. The summed E-state index contributed by atoms with van der Waals surface area (Å²) in [5.41, 5.74) is 1.44. The van der Waals surface area contributed by atoms with Crippen molar-refractivity contribution in [2.24, 2.45) is 0 Å². The molecule has 7 nitrogen and oxygen atoms in total. The van der Waals surface area contributed by atoms with Gasteiger partial charge in [-0.15, -0.1) is 0 Å². The van der Waals surface area contributed by atoms with Gasteiger partial charge in [-0.3, -0.25) is 0 Å². The molecule has 118 valence electrons. The normalized spacial score (nSPS) is 17.5. The number of carbonyl (C=O) groups excluding carboxylic acids is 2. The zero-order chi connectivity index (χ0) is 16.3. The predicted octanol–water partition coefficient (Wildman–Crippen LogP) is 1.50. The summed E-state index contributed by atoms with van der Waals surface area (Å²) >= 11 is 0. The van der Waals surface area contributed by atoms with Crippen LogP contribution < -0.4 is 20.1 Å². The average Bonchev–Trinajstić information content (AvgIpc) is 2.52. The number of carbonyl (C=O) groups is 2. The number of allylic oxidation sites excluding steroid dienone is 1. The molecule has 0 radical (unpaired) electrons. The van der Waals surface area contributed by atoms with Crippen molar-refractivity contribution in [1.82, 2.24) is 10.6 Å². The number of methoxy groups -OCH3 is 3. The van der Waals surface area contributed by atoms with Gasteiger partial charge in [0.15, 0.2) is 0 Å². The van der Waals surface area contributed by atoms with Crippen LogP contribution in [0.1, 0.15) is 18.5 Å². The number of nitrogens with one attached hydrogen (secondary N) is 2. The second-order valence-corrected chi connectivity index (χ2v) is 4.71. The Balaban J connectivity index is 2.54. The van der Waals surface area contributed by atoms with Crippen LogP contribution in [0.25, 0.3) is 0 Å². The number of urea groups is 1. The third-order valence-corrected chi connectivity index (χ3v) is 3.38. The molecule has 2 N–H and O–H groups in total. The van der Waals surface area contributed by atoms with Gasteiger partial charge in [-0.2, -0.15) is 0 Å². The summed E-state index contributed by atoms with van der Waals surface area (Å²) in [6.45, 7) is 1.65. The maximum Gasteiger partial charge on any atom is 0.337 e. The molecule has 1 aromatic carbocycles. The molecule has 0 fully saturated rings. The van der Waals surface area contributed by atoms with E-state index in [9.17, 15) is 9.59 Å². The van der Waals surface area contributed by atoms with Crippen LogP contribution in [-0.2, 0) is 9.53 Å². The van der Waals surface area contributed by atoms with Gasteiger partial charge in [-0.25, -0.2) is 9.59 Å². The molecule has 0 aliphatic carbocycles. The molecule has 1 unspecified atom stereocenters. The summed E-state index contributed by atoms with van der Waals surface area (Å²) in [6.07, 6.45) is 0. The minimum absolute atomic E-state index is 0.331. The topological polar surface area (TPSA) is 85.9 Å². The van der Waals surface area contributed by atoms with Gasteiger partial charge in [0, 0.05) is 11.8 Å². The lowest BCUT2D eigenvalue weighted by Gasteiger charge is -2.28. The smallest absolute Gasteiger partial charge is 0.337 e. The number of esters is 1. The zero-order valence-electron chi connectivity index (χ0n) is 12.9. The fourth-order valence-corrected chi connectivity index (χ4v) is 2.32. The molecular formula is C15H18N2O5. The lowest BCUT2D eigenvalue weighted by atomic mass is 9.95. The Bertz CT molecular complexity index is 617. The summed E-state index contributed by atoms with van der Waals surface area (Å²) in [5.74, 6) is 0.602. The maximum absolute atomic E-state index is 12.0. The minimum atomic E-state index is -0.648. The van der Waals surface area contributed by atoms with Gasteiger partial charge >= 0.3 is 12.0 Å². The van der Waals surface area contributed by atoms with E-state index < -0.39 is 18.0 Å². The van der Waals surface area contributed by atoms with Crippen LogP contribution in [0.15, 0.2) is 29.5 Å². The average molecular weight is 306 g/mol. The summed E-state index contributed by atoms with van der Waals surface area (Å²) < 4.78 is 15.3. The summed E-state index contributed by atoms with van der Waals surface area (Å²) in [7, 11) is 4.35. The fraction of sp³-hybridized carbons (Fsp3) is 0.333. The van der Waals surface area contributed by atoms with Crippen LogP contribution in [0.4, 0.5) is 4.79 Å². The van der Waals surface area contributed by atoms with Gasteiger partial charge in [0.05, 0.1) is 32.9 Å². The molecule has 0 aromatic heterocycles. The number of hydrogen-bond acceptors (Lipinski definition) is 5. The van der Waals surface area contributed by atoms with Crippen molar-refractivity contribution in [3.05, 3.63) is 35.0 Å². The Morgan fingerprint density at radius 1 is 1.09 bits per heavy atom. The Kier molecular flexibility index (Phi) is 4.55. The van der Waals surface area contributed by atoms with Gasteiger partial charge in [0.2, 0.25) is 0 Å². The van der Waals surface area contributed by atoms with E-state index in [0.29, 0.717) is 28.3 Å². The first kappa shape index (κ1) is 15.7. The van der Waals surface area contributed by atoms with E-state index in [1.165, 1.54) is 21.3 Å². The third kappa shape index (κ3) is 2.98. The highest BCUT2D eigenvalue weighted by molar-refractivity contribution is 5.95. The highest BCUT2D eigenvalue weighted by Crippen LogP contribution is 2.32. The quantitative estimate of drug-likeness (QED) is 0.823. The third-order valence-electron chi connectivity index (χ3n) is 3.38. The molecule has 0 saturated carbocycles. The van der Waals surface area contributed by atoms with E-state index in [2.05, 4.69) is 10.6 Å². The number of rotatable bonds is 4. The number of benzene rings is 1. The molecule has 2 rings (SSSR count). The lowest BCUT2D eigenvalue weighted by Crippen LogP contribution is -2.45. The Labute approximate surface area is 128 Å². The zero-order valence-corrected chi connectivity index (χ0v) is 12.9. The van der Waals surface area contributed by atoms with E-state index in [1.54, 1.807) is 25.1 Å². The van der Waals surface area contributed by atoms with E-state index in [4.69, 9.17) is 14.2 Å². The van der Waals surface area contributed by atoms with Crippen LogP contribution in [0.5, 0.6) is 11.5 Å². The van der Waals surface area contributed by atoms with E-state index in [-0.39, 0.29) is 0 Å². The van der Waals surface area contributed by atoms with Crippen LogP contribution in [0.2, 0.25) is 0 Å². The van der Waals surface area contributed by atoms with Gasteiger partial charge < -0.3 is 24.8 Å². The molecular weight excluding hydrogens is 288 g/mol. The SMILES string of the molecule is COC(=O)C1=C(C)NC(=O)NC1c1cc(OC)cc(OC)c1. The van der Waals surface area contributed by atoms with Crippen molar-refractivity contribution in [2.45, 2.75) is 13.0 Å². The molecule has 1 aliphatic heterocycles. The van der Waals surface area contributed by atoms with Crippen molar-refractivity contribution >= 4 is 12.0 Å². The predicted molar refractivity (Wildman–Crippen MR) is 78.7 cm³/mol. The number of amides is 2. The van der Waals surface area contributed by atoms with Crippen LogP contribution in [0.3, 0.4) is 0 Å². The maximum atomic E-state index is 12.0. The minimum Gasteiger partial charge on any atom is -0.497 e. The van der Waals surface area contributed by atoms with Crippen LogP contribution >= 0.6 is 0 Å².